The molecule has 3 nitrogen and oxygen atoms in total. The Labute approximate surface area is 103 Å². The smallest absolute Gasteiger partial charge is 0.0504 e. The van der Waals surface area contributed by atoms with Gasteiger partial charge in [-0.3, -0.25) is 0 Å². The molecular weight excluding hydrogens is 212 g/mol. The van der Waals surface area contributed by atoms with Crippen LogP contribution in [0.5, 0.6) is 0 Å². The van der Waals surface area contributed by atoms with Gasteiger partial charge in [0.1, 0.15) is 0 Å². The Bertz CT molecular complexity index is 364. The summed E-state index contributed by atoms with van der Waals surface area (Å²) in [6, 6.07) is 6.01. The molecule has 0 bridgehead atoms. The molecule has 0 unspecified atom stereocenters. The van der Waals surface area contributed by atoms with Crippen LogP contribution in [0.4, 0.5) is 11.4 Å². The number of aliphatic hydroxyl groups excluding tert-OH is 1. The summed E-state index contributed by atoms with van der Waals surface area (Å²) >= 11 is 0. The van der Waals surface area contributed by atoms with Gasteiger partial charge in [-0.05, 0) is 43.5 Å². The zero-order valence-corrected chi connectivity index (χ0v) is 10.5. The number of anilines is 2. The first-order chi connectivity index (χ1) is 8.13. The lowest BCUT2D eigenvalue weighted by atomic mass is 9.87. The first kappa shape index (κ1) is 12.2. The second-order valence-corrected chi connectivity index (χ2v) is 5.35. The van der Waals surface area contributed by atoms with Gasteiger partial charge in [0.05, 0.1) is 6.61 Å². The van der Waals surface area contributed by atoms with E-state index in [0.717, 1.165) is 36.3 Å². The number of benzene rings is 1. The van der Waals surface area contributed by atoms with E-state index >= 15 is 0 Å². The lowest BCUT2D eigenvalue weighted by Gasteiger charge is -2.27. The van der Waals surface area contributed by atoms with Crippen LogP contribution in [0.15, 0.2) is 18.2 Å². The van der Waals surface area contributed by atoms with E-state index in [1.165, 1.54) is 12.8 Å². The van der Waals surface area contributed by atoms with Crippen molar-refractivity contribution in [3.05, 3.63) is 23.8 Å². The fourth-order valence-corrected chi connectivity index (χ4v) is 2.72. The van der Waals surface area contributed by atoms with Crippen molar-refractivity contribution in [2.24, 2.45) is 5.41 Å². The van der Waals surface area contributed by atoms with Crippen LogP contribution in [0, 0.1) is 12.3 Å². The Morgan fingerprint density at radius 1 is 1.29 bits per heavy atom. The Morgan fingerprint density at radius 2 is 2.00 bits per heavy atom. The molecule has 1 saturated carbocycles. The minimum atomic E-state index is 0.0819. The van der Waals surface area contributed by atoms with E-state index < -0.39 is 0 Å². The van der Waals surface area contributed by atoms with Gasteiger partial charge in [-0.1, -0.05) is 12.8 Å². The van der Waals surface area contributed by atoms with E-state index in [2.05, 4.69) is 11.4 Å². The van der Waals surface area contributed by atoms with Crippen LogP contribution in [0.3, 0.4) is 0 Å². The van der Waals surface area contributed by atoms with Gasteiger partial charge in [0.15, 0.2) is 0 Å². The molecule has 0 amide bonds. The molecule has 0 radical (unpaired) electrons. The molecular formula is C14H22N2O. The maximum Gasteiger partial charge on any atom is 0.0504 e. The summed E-state index contributed by atoms with van der Waals surface area (Å²) in [5.41, 5.74) is 8.91. The number of hydrogen-bond donors (Lipinski definition) is 3. The van der Waals surface area contributed by atoms with E-state index in [4.69, 9.17) is 5.73 Å². The molecule has 3 heteroatoms. The fourth-order valence-electron chi connectivity index (χ4n) is 2.72. The highest BCUT2D eigenvalue weighted by molar-refractivity contribution is 5.56. The lowest BCUT2D eigenvalue weighted by molar-refractivity contribution is 0.142. The maximum absolute atomic E-state index is 9.54. The van der Waals surface area contributed by atoms with E-state index in [-0.39, 0.29) is 12.0 Å². The first-order valence-electron chi connectivity index (χ1n) is 6.35. The summed E-state index contributed by atoms with van der Waals surface area (Å²) in [7, 11) is 0. The largest absolute Gasteiger partial charge is 0.399 e. The van der Waals surface area contributed by atoms with Gasteiger partial charge in [0.2, 0.25) is 0 Å². The van der Waals surface area contributed by atoms with Crippen molar-refractivity contribution in [3.8, 4) is 0 Å². The third kappa shape index (κ3) is 2.91. The maximum atomic E-state index is 9.54. The van der Waals surface area contributed by atoms with Crippen molar-refractivity contribution in [2.45, 2.75) is 32.6 Å². The SMILES string of the molecule is Cc1cc(N)cc(NCC2(CO)CCCC2)c1. The number of nitrogen functional groups attached to an aromatic ring is 1. The molecule has 0 spiro atoms. The predicted octanol–water partition coefficient (Wildman–Crippen LogP) is 2.54. The molecule has 94 valence electrons. The first-order valence-corrected chi connectivity index (χ1v) is 6.35. The second-order valence-electron chi connectivity index (χ2n) is 5.35. The quantitative estimate of drug-likeness (QED) is 0.702. The molecule has 4 N–H and O–H groups in total. The second kappa shape index (κ2) is 4.96. The summed E-state index contributed by atoms with van der Waals surface area (Å²) in [5.74, 6) is 0. The monoisotopic (exact) mass is 234 g/mol. The molecule has 0 heterocycles. The Kier molecular flexibility index (Phi) is 3.57. The average molecular weight is 234 g/mol. The van der Waals surface area contributed by atoms with Gasteiger partial charge >= 0.3 is 0 Å². The van der Waals surface area contributed by atoms with Crippen LogP contribution in [0.1, 0.15) is 31.2 Å². The lowest BCUT2D eigenvalue weighted by Crippen LogP contribution is -2.30. The van der Waals surface area contributed by atoms with Gasteiger partial charge in [0.25, 0.3) is 0 Å². The summed E-state index contributed by atoms with van der Waals surface area (Å²) in [4.78, 5) is 0. The number of aryl methyl sites for hydroxylation is 1. The molecule has 1 aromatic rings. The minimum absolute atomic E-state index is 0.0819. The number of aliphatic hydroxyl groups is 1. The van der Waals surface area contributed by atoms with E-state index in [1.54, 1.807) is 0 Å². The van der Waals surface area contributed by atoms with Gasteiger partial charge < -0.3 is 16.2 Å². The zero-order valence-electron chi connectivity index (χ0n) is 10.5. The molecule has 0 aliphatic heterocycles. The highest BCUT2D eigenvalue weighted by Gasteiger charge is 2.32. The van der Waals surface area contributed by atoms with E-state index in [1.807, 2.05) is 19.1 Å². The van der Waals surface area contributed by atoms with Gasteiger partial charge in [-0.2, -0.15) is 0 Å². The summed E-state index contributed by atoms with van der Waals surface area (Å²) < 4.78 is 0. The van der Waals surface area contributed by atoms with Crippen molar-refractivity contribution in [3.63, 3.8) is 0 Å². The third-order valence-corrected chi connectivity index (χ3v) is 3.77. The third-order valence-electron chi connectivity index (χ3n) is 3.77. The van der Waals surface area contributed by atoms with Crippen molar-refractivity contribution in [2.75, 3.05) is 24.2 Å². The summed E-state index contributed by atoms with van der Waals surface area (Å²) in [6.45, 7) is 3.16. The van der Waals surface area contributed by atoms with Crippen LogP contribution < -0.4 is 11.1 Å². The normalized spacial score (nSPS) is 18.2. The van der Waals surface area contributed by atoms with Crippen molar-refractivity contribution in [1.29, 1.82) is 0 Å². The number of nitrogens with two attached hydrogens (primary N) is 1. The molecule has 1 fully saturated rings. The Morgan fingerprint density at radius 3 is 2.59 bits per heavy atom. The topological polar surface area (TPSA) is 58.3 Å². The van der Waals surface area contributed by atoms with Crippen LogP contribution in [0.25, 0.3) is 0 Å². The highest BCUT2D eigenvalue weighted by atomic mass is 16.3. The fraction of sp³-hybridized carbons (Fsp3) is 0.571. The summed E-state index contributed by atoms with van der Waals surface area (Å²) in [5, 5.41) is 13.0. The van der Waals surface area contributed by atoms with Crippen LogP contribution in [-0.2, 0) is 0 Å². The Hall–Kier alpha value is -1.22. The Balaban J connectivity index is 2.01. The average Bonchev–Trinajstić information content (AvgIpc) is 2.74. The molecule has 2 rings (SSSR count). The van der Waals surface area contributed by atoms with Crippen molar-refractivity contribution in [1.82, 2.24) is 0 Å². The van der Waals surface area contributed by atoms with Gasteiger partial charge in [0, 0.05) is 23.3 Å². The van der Waals surface area contributed by atoms with Crippen LogP contribution in [-0.4, -0.2) is 18.3 Å². The van der Waals surface area contributed by atoms with Gasteiger partial charge in [-0.25, -0.2) is 0 Å². The van der Waals surface area contributed by atoms with Gasteiger partial charge in [-0.15, -0.1) is 0 Å². The molecule has 1 aliphatic rings. The van der Waals surface area contributed by atoms with Crippen molar-refractivity contribution >= 4 is 11.4 Å². The molecule has 1 aliphatic carbocycles. The predicted molar refractivity (Wildman–Crippen MR) is 72.1 cm³/mol. The van der Waals surface area contributed by atoms with Crippen LogP contribution in [0.2, 0.25) is 0 Å². The molecule has 0 atom stereocenters. The standard InChI is InChI=1S/C14H22N2O/c1-11-6-12(15)8-13(7-11)16-9-14(10-17)4-2-3-5-14/h6-8,16-17H,2-5,9-10,15H2,1H3. The zero-order chi connectivity index (χ0) is 12.3. The molecule has 17 heavy (non-hydrogen) atoms. The van der Waals surface area contributed by atoms with E-state index in [0.29, 0.717) is 0 Å². The highest BCUT2D eigenvalue weighted by Crippen LogP contribution is 2.37. The number of rotatable bonds is 4. The molecule has 0 aromatic heterocycles. The number of hydrogen-bond acceptors (Lipinski definition) is 3. The number of nitrogens with one attached hydrogen (secondary N) is 1. The van der Waals surface area contributed by atoms with E-state index in [9.17, 15) is 5.11 Å². The molecule has 1 aromatic carbocycles. The minimum Gasteiger partial charge on any atom is -0.399 e. The molecule has 0 saturated heterocycles. The van der Waals surface area contributed by atoms with Crippen LogP contribution >= 0.6 is 0 Å². The summed E-state index contributed by atoms with van der Waals surface area (Å²) in [6.07, 6.45) is 4.71. The van der Waals surface area contributed by atoms with Crippen molar-refractivity contribution < 1.29 is 5.11 Å².